The summed E-state index contributed by atoms with van der Waals surface area (Å²) in [6.45, 7) is 4.04. The van der Waals surface area contributed by atoms with Crippen molar-refractivity contribution >= 4 is 11.9 Å². The highest BCUT2D eigenvalue weighted by Crippen LogP contribution is 2.10. The summed E-state index contributed by atoms with van der Waals surface area (Å²) in [7, 11) is 0. The van der Waals surface area contributed by atoms with Crippen LogP contribution in [0.15, 0.2) is 24.3 Å². The lowest BCUT2D eigenvalue weighted by Gasteiger charge is -2.29. The first-order valence-electron chi connectivity index (χ1n) is 7.42. The van der Waals surface area contributed by atoms with Gasteiger partial charge in [-0.2, -0.15) is 0 Å². The van der Waals surface area contributed by atoms with Crippen molar-refractivity contribution in [2.45, 2.75) is 38.8 Å². The number of carbonyl (C=O) groups excluding carboxylic acids is 1. The third kappa shape index (κ3) is 4.29. The minimum absolute atomic E-state index is 0.129. The summed E-state index contributed by atoms with van der Waals surface area (Å²) in [6, 6.07) is 6.52. The highest BCUT2D eigenvalue weighted by atomic mass is 16.4. The zero-order valence-corrected chi connectivity index (χ0v) is 12.3. The van der Waals surface area contributed by atoms with E-state index in [0.29, 0.717) is 6.54 Å². The van der Waals surface area contributed by atoms with Crippen LogP contribution >= 0.6 is 0 Å². The number of aromatic carboxylic acids is 1. The second-order valence-electron chi connectivity index (χ2n) is 5.49. The number of amides is 1. The normalized spacial score (nSPS) is 16.5. The molecule has 0 radical (unpaired) electrons. The minimum Gasteiger partial charge on any atom is -0.478 e. The lowest BCUT2D eigenvalue weighted by molar-refractivity contribution is -0.133. The SMILES string of the molecule is CC(NCc1cccc(C(=O)O)c1)C(=O)N1CCCCC1. The van der Waals surface area contributed by atoms with Crippen LogP contribution in [-0.4, -0.2) is 41.0 Å². The predicted octanol–water partition coefficient (Wildman–Crippen LogP) is 1.88. The van der Waals surface area contributed by atoms with Crippen LogP contribution in [0.5, 0.6) is 0 Å². The average molecular weight is 290 g/mol. The molecular formula is C16H22N2O3. The van der Waals surface area contributed by atoms with Gasteiger partial charge in [-0.15, -0.1) is 0 Å². The Morgan fingerprint density at radius 2 is 2.00 bits per heavy atom. The van der Waals surface area contributed by atoms with E-state index >= 15 is 0 Å². The molecule has 1 unspecified atom stereocenters. The summed E-state index contributed by atoms with van der Waals surface area (Å²) < 4.78 is 0. The van der Waals surface area contributed by atoms with Gasteiger partial charge in [0.05, 0.1) is 11.6 Å². The van der Waals surface area contributed by atoms with Crippen molar-refractivity contribution < 1.29 is 14.7 Å². The quantitative estimate of drug-likeness (QED) is 0.868. The molecule has 0 aromatic heterocycles. The number of carbonyl (C=O) groups is 2. The molecule has 1 aliphatic heterocycles. The van der Waals surface area contributed by atoms with E-state index in [-0.39, 0.29) is 17.5 Å². The third-order valence-electron chi connectivity index (χ3n) is 3.82. The summed E-state index contributed by atoms with van der Waals surface area (Å²) in [5.41, 5.74) is 1.14. The smallest absolute Gasteiger partial charge is 0.335 e. The number of hydrogen-bond donors (Lipinski definition) is 2. The Bertz CT molecular complexity index is 510. The molecule has 114 valence electrons. The lowest BCUT2D eigenvalue weighted by Crippen LogP contribution is -2.46. The number of benzene rings is 1. The Hall–Kier alpha value is -1.88. The number of hydrogen-bond acceptors (Lipinski definition) is 3. The van der Waals surface area contributed by atoms with Gasteiger partial charge in [-0.3, -0.25) is 4.79 Å². The van der Waals surface area contributed by atoms with Crippen molar-refractivity contribution in [2.24, 2.45) is 0 Å². The van der Waals surface area contributed by atoms with E-state index in [4.69, 9.17) is 5.11 Å². The Kier molecular flexibility index (Phi) is 5.33. The van der Waals surface area contributed by atoms with Gasteiger partial charge in [0, 0.05) is 19.6 Å². The summed E-state index contributed by atoms with van der Waals surface area (Å²) in [5.74, 6) is -0.807. The van der Waals surface area contributed by atoms with E-state index in [9.17, 15) is 9.59 Å². The molecule has 1 heterocycles. The maximum absolute atomic E-state index is 12.3. The number of nitrogens with zero attached hydrogens (tertiary/aromatic N) is 1. The Labute approximate surface area is 125 Å². The second-order valence-corrected chi connectivity index (χ2v) is 5.49. The van der Waals surface area contributed by atoms with E-state index in [0.717, 1.165) is 31.5 Å². The van der Waals surface area contributed by atoms with Gasteiger partial charge < -0.3 is 15.3 Å². The topological polar surface area (TPSA) is 69.6 Å². The fraction of sp³-hybridized carbons (Fsp3) is 0.500. The first-order chi connectivity index (χ1) is 10.1. The van der Waals surface area contributed by atoms with Crippen molar-refractivity contribution in [2.75, 3.05) is 13.1 Å². The molecule has 0 bridgehead atoms. The molecule has 0 aliphatic carbocycles. The zero-order valence-electron chi connectivity index (χ0n) is 12.3. The third-order valence-corrected chi connectivity index (χ3v) is 3.82. The van der Waals surface area contributed by atoms with Gasteiger partial charge in [0.2, 0.25) is 5.91 Å². The van der Waals surface area contributed by atoms with Crippen molar-refractivity contribution in [3.63, 3.8) is 0 Å². The molecule has 2 N–H and O–H groups in total. The van der Waals surface area contributed by atoms with Gasteiger partial charge in [0.15, 0.2) is 0 Å². The first kappa shape index (κ1) is 15.5. The number of carboxylic acids is 1. The molecule has 1 fully saturated rings. The fourth-order valence-electron chi connectivity index (χ4n) is 2.56. The molecule has 1 aromatic rings. The van der Waals surface area contributed by atoms with E-state index in [2.05, 4.69) is 5.32 Å². The molecule has 21 heavy (non-hydrogen) atoms. The molecule has 1 aromatic carbocycles. The largest absolute Gasteiger partial charge is 0.478 e. The number of likely N-dealkylation sites (tertiary alicyclic amines) is 1. The van der Waals surface area contributed by atoms with E-state index in [1.165, 1.54) is 6.42 Å². The van der Waals surface area contributed by atoms with Gasteiger partial charge >= 0.3 is 5.97 Å². The molecule has 1 atom stereocenters. The predicted molar refractivity (Wildman–Crippen MR) is 80.1 cm³/mol. The van der Waals surface area contributed by atoms with Crippen LogP contribution < -0.4 is 5.32 Å². The first-order valence-corrected chi connectivity index (χ1v) is 7.42. The Balaban J connectivity index is 1.88. The lowest BCUT2D eigenvalue weighted by atomic mass is 10.1. The van der Waals surface area contributed by atoms with Gasteiger partial charge in [0.25, 0.3) is 0 Å². The summed E-state index contributed by atoms with van der Waals surface area (Å²) in [4.78, 5) is 25.1. The highest BCUT2D eigenvalue weighted by molar-refractivity contribution is 5.87. The number of nitrogens with one attached hydrogen (secondary N) is 1. The summed E-state index contributed by atoms with van der Waals surface area (Å²) in [6.07, 6.45) is 3.37. The molecule has 0 spiro atoms. The highest BCUT2D eigenvalue weighted by Gasteiger charge is 2.21. The van der Waals surface area contributed by atoms with Crippen molar-refractivity contribution in [3.05, 3.63) is 35.4 Å². The summed E-state index contributed by atoms with van der Waals surface area (Å²) >= 11 is 0. The zero-order chi connectivity index (χ0) is 15.2. The van der Waals surface area contributed by atoms with Crippen molar-refractivity contribution in [3.8, 4) is 0 Å². The van der Waals surface area contributed by atoms with E-state index in [1.807, 2.05) is 17.9 Å². The van der Waals surface area contributed by atoms with Gasteiger partial charge in [-0.05, 0) is 43.9 Å². The van der Waals surface area contributed by atoms with Crippen molar-refractivity contribution in [1.82, 2.24) is 10.2 Å². The van der Waals surface area contributed by atoms with Crippen molar-refractivity contribution in [1.29, 1.82) is 0 Å². The van der Waals surface area contributed by atoms with Crippen LogP contribution in [0.1, 0.15) is 42.1 Å². The average Bonchev–Trinajstić information content (AvgIpc) is 2.53. The molecule has 2 rings (SSSR count). The molecular weight excluding hydrogens is 268 g/mol. The Morgan fingerprint density at radius 3 is 2.67 bits per heavy atom. The van der Waals surface area contributed by atoms with Gasteiger partial charge in [0.1, 0.15) is 0 Å². The molecule has 5 heteroatoms. The van der Waals surface area contributed by atoms with Crippen LogP contribution in [0.25, 0.3) is 0 Å². The minimum atomic E-state index is -0.936. The molecule has 1 saturated heterocycles. The molecule has 5 nitrogen and oxygen atoms in total. The van der Waals surface area contributed by atoms with Crippen LogP contribution in [0.3, 0.4) is 0 Å². The number of rotatable bonds is 5. The molecule has 1 aliphatic rings. The standard InChI is InChI=1S/C16H22N2O3/c1-12(15(19)18-8-3-2-4-9-18)17-11-13-6-5-7-14(10-13)16(20)21/h5-7,10,12,17H,2-4,8-9,11H2,1H3,(H,20,21). The molecule has 0 saturated carbocycles. The van der Waals surface area contributed by atoms with Gasteiger partial charge in [-0.1, -0.05) is 12.1 Å². The Morgan fingerprint density at radius 1 is 1.29 bits per heavy atom. The second kappa shape index (κ2) is 7.22. The molecule has 1 amide bonds. The van der Waals surface area contributed by atoms with Crippen LogP contribution in [0, 0.1) is 0 Å². The van der Waals surface area contributed by atoms with E-state index in [1.54, 1.807) is 18.2 Å². The maximum atomic E-state index is 12.3. The maximum Gasteiger partial charge on any atom is 0.335 e. The van der Waals surface area contributed by atoms with Crippen LogP contribution in [-0.2, 0) is 11.3 Å². The number of piperidine rings is 1. The monoisotopic (exact) mass is 290 g/mol. The number of carboxylic acid groups (broad SMARTS) is 1. The van der Waals surface area contributed by atoms with Crippen LogP contribution in [0.2, 0.25) is 0 Å². The van der Waals surface area contributed by atoms with Crippen LogP contribution in [0.4, 0.5) is 0 Å². The summed E-state index contributed by atoms with van der Waals surface area (Å²) in [5, 5.41) is 12.1. The van der Waals surface area contributed by atoms with E-state index < -0.39 is 5.97 Å². The fourth-order valence-corrected chi connectivity index (χ4v) is 2.56. The van der Waals surface area contributed by atoms with Gasteiger partial charge in [-0.25, -0.2) is 4.79 Å².